The van der Waals surface area contributed by atoms with Gasteiger partial charge in [-0.3, -0.25) is 5.32 Å². The predicted octanol–water partition coefficient (Wildman–Crippen LogP) is 2.64. The molecule has 0 aromatic heterocycles. The summed E-state index contributed by atoms with van der Waals surface area (Å²) in [5, 5.41) is 21.8. The van der Waals surface area contributed by atoms with Crippen molar-refractivity contribution >= 4 is 22.6 Å². The summed E-state index contributed by atoms with van der Waals surface area (Å²) in [5.41, 5.74) is 0.468. The Bertz CT molecular complexity index is 522. The van der Waals surface area contributed by atoms with Crippen LogP contribution < -0.4 is 5.32 Å². The Hall–Kier alpha value is -2.23. The molecule has 0 aliphatic carbocycles. The third kappa shape index (κ3) is 1.83. The van der Waals surface area contributed by atoms with Gasteiger partial charge in [0.15, 0.2) is 0 Å². The molecule has 0 atom stereocenters. The summed E-state index contributed by atoms with van der Waals surface area (Å²) in [7, 11) is 0. The number of aromatic hydroxyl groups is 1. The molecule has 0 unspecified atom stereocenters. The van der Waals surface area contributed by atoms with E-state index >= 15 is 0 Å². The molecule has 2 aromatic rings. The zero-order chi connectivity index (χ0) is 10.8. The van der Waals surface area contributed by atoms with Crippen LogP contribution >= 0.6 is 0 Å². The first-order valence-electron chi connectivity index (χ1n) is 4.38. The fourth-order valence-electron chi connectivity index (χ4n) is 1.48. The Labute approximate surface area is 85.8 Å². The third-order valence-electron chi connectivity index (χ3n) is 2.11. The van der Waals surface area contributed by atoms with Crippen LogP contribution in [0, 0.1) is 0 Å². The van der Waals surface area contributed by atoms with Crippen molar-refractivity contribution in [1.29, 1.82) is 0 Å². The van der Waals surface area contributed by atoms with E-state index < -0.39 is 6.09 Å². The number of fused-ring (bicyclic) bond motifs is 1. The monoisotopic (exact) mass is 203 g/mol. The highest BCUT2D eigenvalue weighted by Gasteiger charge is 2.03. The molecule has 1 amide bonds. The molecule has 2 aromatic carbocycles. The standard InChI is InChI=1S/C11H9NO3/c13-8-5-4-7-2-1-3-10(9(7)6-8)12-11(14)15/h1-6,12-13H,(H,14,15). The van der Waals surface area contributed by atoms with E-state index in [9.17, 15) is 9.90 Å². The van der Waals surface area contributed by atoms with Crippen molar-refractivity contribution in [2.45, 2.75) is 0 Å². The Morgan fingerprint density at radius 1 is 1.20 bits per heavy atom. The van der Waals surface area contributed by atoms with Crippen LogP contribution in [0.25, 0.3) is 10.8 Å². The van der Waals surface area contributed by atoms with Crippen LogP contribution in [0.1, 0.15) is 0 Å². The first-order valence-corrected chi connectivity index (χ1v) is 4.38. The lowest BCUT2D eigenvalue weighted by atomic mass is 10.1. The maximum absolute atomic E-state index is 10.5. The number of carboxylic acid groups (broad SMARTS) is 1. The van der Waals surface area contributed by atoms with Crippen molar-refractivity contribution in [3.63, 3.8) is 0 Å². The van der Waals surface area contributed by atoms with Crippen molar-refractivity contribution in [2.24, 2.45) is 0 Å². The highest BCUT2D eigenvalue weighted by molar-refractivity contribution is 6.00. The fraction of sp³-hybridized carbons (Fsp3) is 0. The molecule has 3 N–H and O–H groups in total. The number of nitrogens with one attached hydrogen (secondary N) is 1. The van der Waals surface area contributed by atoms with Crippen molar-refractivity contribution in [3.8, 4) is 5.75 Å². The Balaban J connectivity index is 2.63. The minimum atomic E-state index is -1.12. The summed E-state index contributed by atoms with van der Waals surface area (Å²) in [6.45, 7) is 0. The SMILES string of the molecule is O=C(O)Nc1cccc2ccc(O)cc12. The van der Waals surface area contributed by atoms with Crippen molar-refractivity contribution in [3.05, 3.63) is 36.4 Å². The summed E-state index contributed by atoms with van der Waals surface area (Å²) in [6, 6.07) is 10.1. The van der Waals surface area contributed by atoms with E-state index in [0.717, 1.165) is 5.39 Å². The number of phenolic OH excluding ortho intramolecular Hbond substituents is 1. The van der Waals surface area contributed by atoms with Crippen LogP contribution in [0.3, 0.4) is 0 Å². The molecule has 4 heteroatoms. The van der Waals surface area contributed by atoms with Gasteiger partial charge in [-0.15, -0.1) is 0 Å². The minimum absolute atomic E-state index is 0.113. The molecular formula is C11H9NO3. The number of carbonyl (C=O) groups is 1. The van der Waals surface area contributed by atoms with Crippen molar-refractivity contribution in [1.82, 2.24) is 0 Å². The molecule has 0 spiro atoms. The summed E-state index contributed by atoms with van der Waals surface area (Å²) in [6.07, 6.45) is -1.12. The number of anilines is 1. The molecule has 0 aliphatic rings. The van der Waals surface area contributed by atoms with Crippen LogP contribution in [-0.4, -0.2) is 16.3 Å². The van der Waals surface area contributed by atoms with Crippen LogP contribution in [0.5, 0.6) is 5.75 Å². The Morgan fingerprint density at radius 2 is 2.00 bits per heavy atom. The minimum Gasteiger partial charge on any atom is -0.508 e. The van der Waals surface area contributed by atoms with Crippen molar-refractivity contribution < 1.29 is 15.0 Å². The largest absolute Gasteiger partial charge is 0.508 e. The number of benzene rings is 2. The van der Waals surface area contributed by atoms with Gasteiger partial charge < -0.3 is 10.2 Å². The van der Waals surface area contributed by atoms with E-state index in [2.05, 4.69) is 5.32 Å². The second-order valence-electron chi connectivity index (χ2n) is 3.14. The van der Waals surface area contributed by atoms with Crippen LogP contribution in [0.15, 0.2) is 36.4 Å². The van der Waals surface area contributed by atoms with Crippen LogP contribution in [-0.2, 0) is 0 Å². The van der Waals surface area contributed by atoms with Gasteiger partial charge in [-0.05, 0) is 23.6 Å². The molecule has 0 saturated heterocycles. The van der Waals surface area contributed by atoms with Gasteiger partial charge in [0.25, 0.3) is 0 Å². The highest BCUT2D eigenvalue weighted by atomic mass is 16.4. The molecule has 15 heavy (non-hydrogen) atoms. The van der Waals surface area contributed by atoms with E-state index in [-0.39, 0.29) is 5.75 Å². The van der Waals surface area contributed by atoms with Crippen LogP contribution in [0.4, 0.5) is 10.5 Å². The topological polar surface area (TPSA) is 69.6 Å². The second kappa shape index (κ2) is 3.49. The van der Waals surface area contributed by atoms with E-state index in [0.29, 0.717) is 11.1 Å². The third-order valence-corrected chi connectivity index (χ3v) is 2.11. The lowest BCUT2D eigenvalue weighted by Gasteiger charge is -2.05. The molecule has 0 bridgehead atoms. The smallest absolute Gasteiger partial charge is 0.409 e. The molecule has 4 nitrogen and oxygen atoms in total. The van der Waals surface area contributed by atoms with Gasteiger partial charge in [-0.25, -0.2) is 4.79 Å². The van der Waals surface area contributed by atoms with Gasteiger partial charge in [0.2, 0.25) is 0 Å². The zero-order valence-electron chi connectivity index (χ0n) is 7.77. The predicted molar refractivity (Wildman–Crippen MR) is 57.3 cm³/mol. The fourth-order valence-corrected chi connectivity index (χ4v) is 1.48. The Morgan fingerprint density at radius 3 is 2.73 bits per heavy atom. The lowest BCUT2D eigenvalue weighted by molar-refractivity contribution is 0.210. The van der Waals surface area contributed by atoms with Crippen LogP contribution in [0.2, 0.25) is 0 Å². The van der Waals surface area contributed by atoms with Gasteiger partial charge in [-0.1, -0.05) is 18.2 Å². The van der Waals surface area contributed by atoms with Gasteiger partial charge in [0.1, 0.15) is 5.75 Å². The average Bonchev–Trinajstić information content (AvgIpc) is 2.18. The first-order chi connectivity index (χ1) is 7.16. The summed E-state index contributed by atoms with van der Waals surface area (Å²) >= 11 is 0. The second-order valence-corrected chi connectivity index (χ2v) is 3.14. The highest BCUT2D eigenvalue weighted by Crippen LogP contribution is 2.26. The van der Waals surface area contributed by atoms with E-state index in [4.69, 9.17) is 5.11 Å². The summed E-state index contributed by atoms with van der Waals surface area (Å²) in [4.78, 5) is 10.5. The van der Waals surface area contributed by atoms with Gasteiger partial charge in [-0.2, -0.15) is 0 Å². The Kier molecular flexibility index (Phi) is 2.17. The van der Waals surface area contributed by atoms with Gasteiger partial charge in [0, 0.05) is 5.39 Å². The number of hydrogen-bond donors (Lipinski definition) is 3. The molecule has 0 saturated carbocycles. The summed E-state index contributed by atoms with van der Waals surface area (Å²) in [5.74, 6) is 0.113. The number of phenols is 1. The number of amides is 1. The zero-order valence-corrected chi connectivity index (χ0v) is 7.77. The summed E-state index contributed by atoms with van der Waals surface area (Å²) < 4.78 is 0. The van der Waals surface area contributed by atoms with Crippen molar-refractivity contribution in [2.75, 3.05) is 5.32 Å². The van der Waals surface area contributed by atoms with Gasteiger partial charge in [0.05, 0.1) is 5.69 Å². The molecule has 0 fully saturated rings. The number of rotatable bonds is 1. The molecule has 0 radical (unpaired) electrons. The quantitative estimate of drug-likeness (QED) is 0.667. The number of hydrogen-bond acceptors (Lipinski definition) is 2. The maximum atomic E-state index is 10.5. The average molecular weight is 203 g/mol. The van der Waals surface area contributed by atoms with E-state index in [1.807, 2.05) is 6.07 Å². The molecule has 2 rings (SSSR count). The molecule has 0 heterocycles. The molecule has 0 aliphatic heterocycles. The maximum Gasteiger partial charge on any atom is 0.409 e. The lowest BCUT2D eigenvalue weighted by Crippen LogP contribution is -2.07. The van der Waals surface area contributed by atoms with E-state index in [1.54, 1.807) is 24.3 Å². The molecule has 76 valence electrons. The van der Waals surface area contributed by atoms with Gasteiger partial charge >= 0.3 is 6.09 Å². The van der Waals surface area contributed by atoms with E-state index in [1.165, 1.54) is 6.07 Å². The first kappa shape index (κ1) is 9.33. The molecular weight excluding hydrogens is 194 g/mol. The normalized spacial score (nSPS) is 10.1.